The molecule has 30 heavy (non-hydrogen) atoms. The van der Waals surface area contributed by atoms with Gasteiger partial charge < -0.3 is 10.2 Å². The number of benzene rings is 1. The Labute approximate surface area is 179 Å². The van der Waals surface area contributed by atoms with Gasteiger partial charge in [0.2, 0.25) is 5.91 Å². The van der Waals surface area contributed by atoms with E-state index >= 15 is 0 Å². The number of rotatable bonds is 4. The average Bonchev–Trinajstić information content (AvgIpc) is 3.42. The second-order valence-corrected chi connectivity index (χ2v) is 8.66. The fraction of sp³-hybridized carbons (Fsp3) is 0.364. The van der Waals surface area contributed by atoms with E-state index in [0.717, 1.165) is 35.7 Å². The molecule has 2 aliphatic rings. The number of nitrogens with one attached hydrogen (secondary N) is 1. The summed E-state index contributed by atoms with van der Waals surface area (Å²) in [5, 5.41) is 16.6. The molecular formula is C22H24N6OS. The molecule has 1 aromatic carbocycles. The number of carbonyl (C=O) groups is 1. The molecule has 1 atom stereocenters. The molecule has 2 aliphatic heterocycles. The number of anilines is 2. The number of hydrogen-bond donors (Lipinski definition) is 1. The molecular weight excluding hydrogens is 396 g/mol. The van der Waals surface area contributed by atoms with Gasteiger partial charge in [0.05, 0.1) is 5.69 Å². The first-order chi connectivity index (χ1) is 14.6. The second-order valence-electron chi connectivity index (χ2n) is 7.78. The van der Waals surface area contributed by atoms with Gasteiger partial charge >= 0.3 is 0 Å². The molecule has 0 saturated carbocycles. The summed E-state index contributed by atoms with van der Waals surface area (Å²) in [6.07, 6.45) is 4.87. The van der Waals surface area contributed by atoms with Crippen LogP contribution < -0.4 is 10.2 Å². The van der Waals surface area contributed by atoms with Crippen molar-refractivity contribution in [2.45, 2.75) is 37.0 Å². The Morgan fingerprint density at radius 3 is 2.40 bits per heavy atom. The van der Waals surface area contributed by atoms with Crippen LogP contribution in [0.3, 0.4) is 0 Å². The molecule has 0 radical (unpaired) electrons. The van der Waals surface area contributed by atoms with E-state index in [-0.39, 0.29) is 11.8 Å². The van der Waals surface area contributed by atoms with Gasteiger partial charge in [0.1, 0.15) is 5.82 Å². The molecule has 0 bridgehead atoms. The van der Waals surface area contributed by atoms with Crippen molar-refractivity contribution in [3.63, 3.8) is 0 Å². The minimum atomic E-state index is -0.0183. The Kier molecular flexibility index (Phi) is 4.94. The van der Waals surface area contributed by atoms with E-state index in [0.29, 0.717) is 18.1 Å². The predicted molar refractivity (Wildman–Crippen MR) is 119 cm³/mol. The lowest BCUT2D eigenvalue weighted by Crippen LogP contribution is -2.25. The van der Waals surface area contributed by atoms with Crippen LogP contribution in [-0.2, 0) is 4.79 Å². The van der Waals surface area contributed by atoms with Gasteiger partial charge in [0.15, 0.2) is 11.6 Å². The quantitative estimate of drug-likeness (QED) is 0.648. The molecule has 1 amide bonds. The Bertz CT molecular complexity index is 1070. The fourth-order valence-electron chi connectivity index (χ4n) is 4.38. The molecule has 154 valence electrons. The lowest BCUT2D eigenvalue weighted by molar-refractivity contribution is -0.116. The zero-order chi connectivity index (χ0) is 20.7. The van der Waals surface area contributed by atoms with Crippen LogP contribution in [0.25, 0.3) is 5.82 Å². The standard InChI is InChI=1S/C22H24N6OS/c1-14-21-17(15-5-7-16(30-2)8-6-15)13-20(29)23-22(21)28(26-14)19-10-9-18(24-25-19)27-11-3-4-12-27/h5-10,17H,3-4,11-13H2,1-2H3,(H,23,29). The molecule has 8 heteroatoms. The van der Waals surface area contributed by atoms with Crippen LogP contribution in [0.2, 0.25) is 0 Å². The van der Waals surface area contributed by atoms with Gasteiger partial charge in [-0.05, 0) is 55.9 Å². The summed E-state index contributed by atoms with van der Waals surface area (Å²) in [7, 11) is 0. The van der Waals surface area contributed by atoms with Crippen LogP contribution in [-0.4, -0.2) is 45.2 Å². The summed E-state index contributed by atoms with van der Waals surface area (Å²) in [4.78, 5) is 16.0. The third kappa shape index (κ3) is 3.35. The first-order valence-corrected chi connectivity index (χ1v) is 11.5. The van der Waals surface area contributed by atoms with E-state index in [9.17, 15) is 4.79 Å². The van der Waals surface area contributed by atoms with Crippen LogP contribution in [0.1, 0.15) is 42.0 Å². The first kappa shape index (κ1) is 19.1. The maximum Gasteiger partial charge on any atom is 0.226 e. The van der Waals surface area contributed by atoms with Gasteiger partial charge in [-0.2, -0.15) is 9.78 Å². The summed E-state index contributed by atoms with van der Waals surface area (Å²) in [5.41, 5.74) is 3.08. The molecule has 1 saturated heterocycles. The molecule has 4 heterocycles. The van der Waals surface area contributed by atoms with Crippen molar-refractivity contribution in [1.82, 2.24) is 20.0 Å². The molecule has 0 aliphatic carbocycles. The highest BCUT2D eigenvalue weighted by Gasteiger charge is 2.33. The van der Waals surface area contributed by atoms with Crippen LogP contribution in [0.15, 0.2) is 41.3 Å². The van der Waals surface area contributed by atoms with Crippen molar-refractivity contribution in [1.29, 1.82) is 0 Å². The number of aromatic nitrogens is 4. The van der Waals surface area contributed by atoms with E-state index < -0.39 is 0 Å². The number of fused-ring (bicyclic) bond motifs is 1. The van der Waals surface area contributed by atoms with E-state index in [4.69, 9.17) is 5.10 Å². The summed E-state index contributed by atoms with van der Waals surface area (Å²) < 4.78 is 1.71. The largest absolute Gasteiger partial charge is 0.355 e. The Hall–Kier alpha value is -2.87. The highest BCUT2D eigenvalue weighted by atomic mass is 32.2. The Morgan fingerprint density at radius 2 is 1.73 bits per heavy atom. The molecule has 0 spiro atoms. The zero-order valence-electron chi connectivity index (χ0n) is 17.1. The van der Waals surface area contributed by atoms with Gasteiger partial charge in [0.25, 0.3) is 0 Å². The molecule has 3 aromatic rings. The van der Waals surface area contributed by atoms with Crippen molar-refractivity contribution in [3.05, 3.63) is 53.2 Å². The fourth-order valence-corrected chi connectivity index (χ4v) is 4.79. The highest BCUT2D eigenvalue weighted by Crippen LogP contribution is 2.40. The lowest BCUT2D eigenvalue weighted by atomic mass is 9.86. The summed E-state index contributed by atoms with van der Waals surface area (Å²) >= 11 is 1.71. The van der Waals surface area contributed by atoms with Crippen LogP contribution in [0, 0.1) is 6.92 Å². The van der Waals surface area contributed by atoms with Crippen LogP contribution >= 0.6 is 11.8 Å². The average molecular weight is 421 g/mol. The van der Waals surface area contributed by atoms with Crippen molar-refractivity contribution >= 4 is 29.3 Å². The maximum absolute atomic E-state index is 12.6. The number of nitrogens with zero attached hydrogens (tertiary/aromatic N) is 5. The van der Waals surface area contributed by atoms with E-state index in [1.54, 1.807) is 16.4 Å². The third-order valence-corrected chi connectivity index (χ3v) is 6.65. The smallest absolute Gasteiger partial charge is 0.226 e. The number of amides is 1. The van der Waals surface area contributed by atoms with Crippen molar-refractivity contribution < 1.29 is 4.79 Å². The number of carbonyl (C=O) groups excluding carboxylic acids is 1. The normalized spacial score (nSPS) is 18.4. The Balaban J connectivity index is 1.52. The lowest BCUT2D eigenvalue weighted by Gasteiger charge is -2.24. The molecule has 2 aromatic heterocycles. The first-order valence-electron chi connectivity index (χ1n) is 10.3. The van der Waals surface area contributed by atoms with Gasteiger partial charge in [0, 0.05) is 35.9 Å². The maximum atomic E-state index is 12.6. The highest BCUT2D eigenvalue weighted by molar-refractivity contribution is 7.98. The summed E-state index contributed by atoms with van der Waals surface area (Å²) in [5.74, 6) is 2.18. The van der Waals surface area contributed by atoms with E-state index in [1.807, 2.05) is 19.1 Å². The SMILES string of the molecule is CSc1ccc(C2CC(=O)Nc3c2c(C)nn3-c2ccc(N3CCCC3)nn2)cc1. The van der Waals surface area contributed by atoms with Gasteiger partial charge in [-0.1, -0.05) is 12.1 Å². The van der Waals surface area contributed by atoms with Crippen molar-refractivity contribution in [3.8, 4) is 5.82 Å². The predicted octanol–water partition coefficient (Wildman–Crippen LogP) is 3.77. The second kappa shape index (κ2) is 7.75. The molecule has 5 rings (SSSR count). The topological polar surface area (TPSA) is 75.9 Å². The van der Waals surface area contributed by atoms with Gasteiger partial charge in [-0.15, -0.1) is 22.0 Å². The van der Waals surface area contributed by atoms with Gasteiger partial charge in [-0.25, -0.2) is 0 Å². The number of aryl methyl sites for hydroxylation is 1. The van der Waals surface area contributed by atoms with Crippen molar-refractivity contribution in [2.75, 3.05) is 29.6 Å². The van der Waals surface area contributed by atoms with E-state index in [2.05, 4.69) is 50.9 Å². The summed E-state index contributed by atoms with van der Waals surface area (Å²) in [6.45, 7) is 4.04. The van der Waals surface area contributed by atoms with Crippen LogP contribution in [0.4, 0.5) is 11.6 Å². The Morgan fingerprint density at radius 1 is 1.03 bits per heavy atom. The summed E-state index contributed by atoms with van der Waals surface area (Å²) in [6, 6.07) is 12.3. The molecule has 7 nitrogen and oxygen atoms in total. The minimum Gasteiger partial charge on any atom is -0.355 e. The zero-order valence-corrected chi connectivity index (χ0v) is 17.9. The molecule has 1 N–H and O–H groups in total. The monoisotopic (exact) mass is 420 g/mol. The van der Waals surface area contributed by atoms with Crippen molar-refractivity contribution in [2.24, 2.45) is 0 Å². The van der Waals surface area contributed by atoms with Gasteiger partial charge in [-0.3, -0.25) is 4.79 Å². The van der Waals surface area contributed by atoms with Crippen LogP contribution in [0.5, 0.6) is 0 Å². The third-order valence-electron chi connectivity index (χ3n) is 5.90. The van der Waals surface area contributed by atoms with E-state index in [1.165, 1.54) is 17.7 Å². The minimum absolute atomic E-state index is 0.00996. The molecule has 1 unspecified atom stereocenters. The number of hydrogen-bond acceptors (Lipinski definition) is 6. The molecule has 1 fully saturated rings. The number of thioether (sulfide) groups is 1.